The van der Waals surface area contributed by atoms with Crippen LogP contribution in [0.15, 0.2) is 24.3 Å². The highest BCUT2D eigenvalue weighted by Crippen LogP contribution is 2.68. The van der Waals surface area contributed by atoms with E-state index in [1.54, 1.807) is 0 Å². The molecule has 0 saturated carbocycles. The lowest BCUT2D eigenvalue weighted by Gasteiger charge is -2.47. The summed E-state index contributed by atoms with van der Waals surface area (Å²) in [7, 11) is 0.777. The predicted octanol–water partition coefficient (Wildman–Crippen LogP) is 3.96. The molecule has 0 bridgehead atoms. The molecule has 108 valence electrons. The van der Waals surface area contributed by atoms with E-state index in [2.05, 4.69) is 73.4 Å². The van der Waals surface area contributed by atoms with Gasteiger partial charge in [0.1, 0.15) is 5.82 Å². The standard InChI is InChI=1S/C15H26N2S2/c1-17-13-11-9-8-10-12(13)16-14(17)15(18(2,3)4)19(5,6)7/h8-11,15H,1-7H3. The third-order valence-electron chi connectivity index (χ3n) is 3.32. The van der Waals surface area contributed by atoms with Gasteiger partial charge in [-0.3, -0.25) is 0 Å². The summed E-state index contributed by atoms with van der Waals surface area (Å²) in [6.45, 7) is 0. The van der Waals surface area contributed by atoms with Crippen LogP contribution in [-0.2, 0) is 7.05 Å². The topological polar surface area (TPSA) is 17.8 Å². The van der Waals surface area contributed by atoms with Gasteiger partial charge in [0.05, 0.1) is 15.6 Å². The van der Waals surface area contributed by atoms with Crippen LogP contribution in [0.25, 0.3) is 11.0 Å². The van der Waals surface area contributed by atoms with E-state index in [0.717, 1.165) is 5.52 Å². The quantitative estimate of drug-likeness (QED) is 0.838. The summed E-state index contributed by atoms with van der Waals surface area (Å²) in [4.78, 5) is 4.95. The molecule has 0 N–H and O–H groups in total. The largest absolute Gasteiger partial charge is 0.330 e. The van der Waals surface area contributed by atoms with Crippen LogP contribution < -0.4 is 0 Å². The fraction of sp³-hybridized carbons (Fsp3) is 0.533. The zero-order valence-corrected chi connectivity index (χ0v) is 14.7. The minimum Gasteiger partial charge on any atom is -0.330 e. The summed E-state index contributed by atoms with van der Waals surface area (Å²) >= 11 is 0. The van der Waals surface area contributed by atoms with Gasteiger partial charge in [-0.2, -0.15) is 0 Å². The first-order chi connectivity index (χ1) is 8.62. The van der Waals surface area contributed by atoms with Crippen LogP contribution in [0.3, 0.4) is 0 Å². The summed E-state index contributed by atoms with van der Waals surface area (Å²) < 4.78 is 2.88. The maximum Gasteiger partial charge on any atom is 0.129 e. The molecule has 0 unspecified atom stereocenters. The molecule has 0 amide bonds. The molecule has 4 heteroatoms. The fourth-order valence-electron chi connectivity index (χ4n) is 2.87. The summed E-state index contributed by atoms with van der Waals surface area (Å²) in [6, 6.07) is 8.45. The summed E-state index contributed by atoms with van der Waals surface area (Å²) in [5.41, 5.74) is 2.37. The Bertz CT molecular complexity index is 574. The second kappa shape index (κ2) is 4.74. The first-order valence-electron chi connectivity index (χ1n) is 6.38. The number of fused-ring (bicyclic) bond motifs is 1. The van der Waals surface area contributed by atoms with Crippen LogP contribution in [0.4, 0.5) is 0 Å². The lowest BCUT2D eigenvalue weighted by atomic mass is 10.3. The Morgan fingerprint density at radius 2 is 1.47 bits per heavy atom. The van der Waals surface area contributed by atoms with Crippen LogP contribution in [0.1, 0.15) is 10.4 Å². The van der Waals surface area contributed by atoms with E-state index in [1.165, 1.54) is 11.3 Å². The second-order valence-electron chi connectivity index (χ2n) is 6.71. The van der Waals surface area contributed by atoms with Crippen molar-refractivity contribution in [2.45, 2.75) is 4.58 Å². The normalized spacial score (nSPS) is 15.2. The number of nitrogens with zero attached hydrogens (tertiary/aromatic N) is 2. The first-order valence-corrected chi connectivity index (χ1v) is 12.2. The van der Waals surface area contributed by atoms with Crippen molar-refractivity contribution in [1.82, 2.24) is 9.55 Å². The minimum atomic E-state index is -0.692. The van der Waals surface area contributed by atoms with E-state index in [9.17, 15) is 0 Å². The van der Waals surface area contributed by atoms with Crippen molar-refractivity contribution in [1.29, 1.82) is 0 Å². The molecule has 0 aliphatic rings. The zero-order valence-electron chi connectivity index (χ0n) is 13.1. The van der Waals surface area contributed by atoms with E-state index in [0.29, 0.717) is 4.58 Å². The van der Waals surface area contributed by atoms with Gasteiger partial charge in [-0.05, 0) is 49.7 Å². The molecular formula is C15H26N2S2. The van der Waals surface area contributed by atoms with E-state index >= 15 is 0 Å². The van der Waals surface area contributed by atoms with E-state index in [-0.39, 0.29) is 0 Å². The Kier molecular flexibility index (Phi) is 3.69. The molecule has 0 fully saturated rings. The Balaban J connectivity index is 2.67. The van der Waals surface area contributed by atoms with Crippen LogP contribution >= 0.6 is 20.1 Å². The van der Waals surface area contributed by atoms with Crippen molar-refractivity contribution in [2.75, 3.05) is 37.5 Å². The zero-order chi connectivity index (χ0) is 14.4. The first kappa shape index (κ1) is 14.8. The van der Waals surface area contributed by atoms with E-state index in [4.69, 9.17) is 4.98 Å². The molecule has 0 saturated heterocycles. The van der Waals surface area contributed by atoms with Gasteiger partial charge in [-0.25, -0.2) is 25.0 Å². The van der Waals surface area contributed by atoms with Gasteiger partial charge in [0.2, 0.25) is 0 Å². The smallest absolute Gasteiger partial charge is 0.129 e. The minimum absolute atomic E-state index is 0.581. The molecule has 2 aromatic rings. The molecule has 0 aliphatic carbocycles. The molecule has 2 rings (SSSR count). The van der Waals surface area contributed by atoms with Crippen LogP contribution in [0, 0.1) is 0 Å². The maximum absolute atomic E-state index is 4.95. The van der Waals surface area contributed by atoms with Crippen LogP contribution in [0.5, 0.6) is 0 Å². The van der Waals surface area contributed by atoms with Gasteiger partial charge in [-0.15, -0.1) is 0 Å². The van der Waals surface area contributed by atoms with Crippen molar-refractivity contribution in [3.05, 3.63) is 30.1 Å². The van der Waals surface area contributed by atoms with Gasteiger partial charge >= 0.3 is 0 Å². The van der Waals surface area contributed by atoms with Gasteiger partial charge in [0.15, 0.2) is 0 Å². The molecular weight excluding hydrogens is 272 g/mol. The molecule has 1 aromatic carbocycles. The van der Waals surface area contributed by atoms with Gasteiger partial charge < -0.3 is 4.57 Å². The number of imidazole rings is 1. The fourth-order valence-corrected chi connectivity index (χ4v) is 11.5. The third kappa shape index (κ3) is 2.79. The van der Waals surface area contributed by atoms with Crippen molar-refractivity contribution in [2.24, 2.45) is 7.05 Å². The van der Waals surface area contributed by atoms with Crippen molar-refractivity contribution >= 4 is 31.1 Å². The molecule has 0 spiro atoms. The van der Waals surface area contributed by atoms with Gasteiger partial charge in [0, 0.05) is 7.05 Å². The number of hydrogen-bond donors (Lipinski definition) is 0. The van der Waals surface area contributed by atoms with Crippen LogP contribution in [0.2, 0.25) is 0 Å². The summed E-state index contributed by atoms with van der Waals surface area (Å²) in [5, 5.41) is 0. The average molecular weight is 299 g/mol. The molecule has 0 aliphatic heterocycles. The molecule has 0 radical (unpaired) electrons. The molecule has 1 aromatic heterocycles. The molecule has 19 heavy (non-hydrogen) atoms. The average Bonchev–Trinajstić information content (AvgIpc) is 2.53. The number of rotatable bonds is 3. The monoisotopic (exact) mass is 298 g/mol. The second-order valence-corrected chi connectivity index (χ2v) is 15.7. The van der Waals surface area contributed by atoms with E-state index < -0.39 is 20.1 Å². The Labute approximate surface area is 120 Å². The summed E-state index contributed by atoms with van der Waals surface area (Å²) in [5.74, 6) is 1.27. The lowest BCUT2D eigenvalue weighted by molar-refractivity contribution is 0.866. The summed E-state index contributed by atoms with van der Waals surface area (Å²) in [6.07, 6.45) is 14.5. The Hall–Kier alpha value is -0.610. The number of benzene rings is 1. The SMILES string of the molecule is Cn1c(C(S(C)(C)C)S(C)(C)C)nc2ccccc21. The molecule has 2 nitrogen and oxygen atoms in total. The number of para-hydroxylation sites is 2. The lowest BCUT2D eigenvalue weighted by Crippen LogP contribution is -2.18. The van der Waals surface area contributed by atoms with Gasteiger partial charge in [-0.1, -0.05) is 12.1 Å². The van der Waals surface area contributed by atoms with E-state index in [1.807, 2.05) is 0 Å². The van der Waals surface area contributed by atoms with Crippen molar-refractivity contribution in [3.63, 3.8) is 0 Å². The van der Waals surface area contributed by atoms with Crippen LogP contribution in [-0.4, -0.2) is 47.1 Å². The predicted molar refractivity (Wildman–Crippen MR) is 94.2 cm³/mol. The Morgan fingerprint density at radius 1 is 0.947 bits per heavy atom. The van der Waals surface area contributed by atoms with Crippen molar-refractivity contribution < 1.29 is 0 Å². The molecule has 1 heterocycles. The number of aromatic nitrogens is 2. The highest BCUT2D eigenvalue weighted by atomic mass is 32.3. The Morgan fingerprint density at radius 3 is 1.95 bits per heavy atom. The highest BCUT2D eigenvalue weighted by molar-refractivity contribution is 8.47. The number of aryl methyl sites for hydroxylation is 1. The van der Waals surface area contributed by atoms with Crippen molar-refractivity contribution in [3.8, 4) is 0 Å². The number of hydrogen-bond acceptors (Lipinski definition) is 1. The molecule has 0 atom stereocenters. The van der Waals surface area contributed by atoms with Gasteiger partial charge in [0.25, 0.3) is 0 Å². The highest BCUT2D eigenvalue weighted by Gasteiger charge is 2.33. The third-order valence-corrected chi connectivity index (χ3v) is 9.77. The maximum atomic E-state index is 4.95.